The van der Waals surface area contributed by atoms with Gasteiger partial charge < -0.3 is 10.7 Å². The van der Waals surface area contributed by atoms with E-state index in [9.17, 15) is 0 Å². The van der Waals surface area contributed by atoms with Crippen molar-refractivity contribution in [3.63, 3.8) is 0 Å². The molecule has 0 radical (unpaired) electrons. The van der Waals surface area contributed by atoms with Crippen molar-refractivity contribution >= 4 is 5.69 Å². The highest BCUT2D eigenvalue weighted by atomic mass is 15.7. The van der Waals surface area contributed by atoms with Crippen LogP contribution in [0, 0.1) is 0 Å². The van der Waals surface area contributed by atoms with Crippen LogP contribution in [0.3, 0.4) is 0 Å². The van der Waals surface area contributed by atoms with Crippen LogP contribution in [0.15, 0.2) is 24.5 Å². The van der Waals surface area contributed by atoms with Gasteiger partial charge in [0.2, 0.25) is 0 Å². The van der Waals surface area contributed by atoms with Gasteiger partial charge in [0, 0.05) is 38.6 Å². The van der Waals surface area contributed by atoms with Crippen molar-refractivity contribution in [2.24, 2.45) is 0 Å². The number of aromatic nitrogens is 1. The molecule has 1 aliphatic heterocycles. The molecule has 1 aromatic rings. The van der Waals surface area contributed by atoms with Gasteiger partial charge in [-0.2, -0.15) is 5.53 Å². The van der Waals surface area contributed by atoms with Crippen molar-refractivity contribution in [2.45, 2.75) is 0 Å². The van der Waals surface area contributed by atoms with Gasteiger partial charge in [-0.25, -0.2) is 5.01 Å². The lowest BCUT2D eigenvalue weighted by Crippen LogP contribution is -2.52. The van der Waals surface area contributed by atoms with Crippen LogP contribution in [0.5, 0.6) is 0 Å². The molecular weight excluding hydrogens is 178 g/mol. The molecule has 1 fully saturated rings. The molecule has 0 saturated carbocycles. The molecular formula is C9H15N5. The van der Waals surface area contributed by atoms with Crippen molar-refractivity contribution in [1.29, 1.82) is 0 Å². The number of hydrogen-bond donors (Lipinski definition) is 3. The van der Waals surface area contributed by atoms with Crippen LogP contribution in [0.1, 0.15) is 0 Å². The Balaban J connectivity index is 1.76. The summed E-state index contributed by atoms with van der Waals surface area (Å²) in [5, 5.41) is 5.44. The smallest absolute Gasteiger partial charge is 0.0531 e. The molecule has 5 heteroatoms. The van der Waals surface area contributed by atoms with Gasteiger partial charge in [-0.1, -0.05) is 0 Å². The van der Waals surface area contributed by atoms with Crippen molar-refractivity contribution in [2.75, 3.05) is 31.6 Å². The molecule has 0 amide bonds. The first-order valence-electron chi connectivity index (χ1n) is 4.82. The van der Waals surface area contributed by atoms with Crippen molar-refractivity contribution in [1.82, 2.24) is 20.8 Å². The van der Waals surface area contributed by atoms with Crippen LogP contribution >= 0.6 is 0 Å². The molecule has 0 atom stereocenters. The first-order chi connectivity index (χ1) is 6.95. The second kappa shape index (κ2) is 4.90. The zero-order valence-electron chi connectivity index (χ0n) is 8.03. The Bertz CT molecular complexity index is 257. The molecule has 1 aliphatic rings. The van der Waals surface area contributed by atoms with Gasteiger partial charge in [0.05, 0.1) is 5.69 Å². The normalized spacial score (nSPS) is 18.0. The van der Waals surface area contributed by atoms with E-state index in [2.05, 4.69) is 26.3 Å². The fourth-order valence-electron chi connectivity index (χ4n) is 1.36. The number of pyridine rings is 1. The zero-order valence-corrected chi connectivity index (χ0v) is 8.03. The Morgan fingerprint density at radius 1 is 1.21 bits per heavy atom. The maximum atomic E-state index is 3.95. The largest absolute Gasteiger partial charge is 0.314 e. The van der Waals surface area contributed by atoms with Crippen LogP contribution in [0.4, 0.5) is 5.69 Å². The standard InChI is InChI=1S/C9H15N5/c1-3-10-4-2-9(1)12-13-14-7-5-11-6-8-14/h1-4,11,13H,5-8H2,(H,10,12). The van der Waals surface area contributed by atoms with Crippen molar-refractivity contribution in [3.05, 3.63) is 24.5 Å². The third kappa shape index (κ3) is 2.66. The number of nitrogens with one attached hydrogen (secondary N) is 3. The lowest BCUT2D eigenvalue weighted by Gasteiger charge is -2.28. The minimum Gasteiger partial charge on any atom is -0.314 e. The molecule has 0 aromatic carbocycles. The summed E-state index contributed by atoms with van der Waals surface area (Å²) >= 11 is 0. The fourth-order valence-corrected chi connectivity index (χ4v) is 1.36. The SMILES string of the molecule is c1cc(NNN2CCNCC2)ccn1. The number of hydrogen-bond acceptors (Lipinski definition) is 5. The second-order valence-electron chi connectivity index (χ2n) is 3.21. The molecule has 0 bridgehead atoms. The number of anilines is 1. The molecule has 0 unspecified atom stereocenters. The molecule has 0 aliphatic carbocycles. The van der Waals surface area contributed by atoms with E-state index in [1.165, 1.54) is 0 Å². The highest BCUT2D eigenvalue weighted by molar-refractivity contribution is 5.39. The summed E-state index contributed by atoms with van der Waals surface area (Å²) in [6.45, 7) is 4.09. The Morgan fingerprint density at radius 3 is 2.64 bits per heavy atom. The van der Waals surface area contributed by atoms with Gasteiger partial charge in [-0.05, 0) is 12.1 Å². The minimum absolute atomic E-state index is 1.01. The highest BCUT2D eigenvalue weighted by Gasteiger charge is 2.07. The van der Waals surface area contributed by atoms with Gasteiger partial charge in [0.25, 0.3) is 0 Å². The summed E-state index contributed by atoms with van der Waals surface area (Å²) in [5.74, 6) is 0. The van der Waals surface area contributed by atoms with Gasteiger partial charge in [0.1, 0.15) is 0 Å². The molecule has 14 heavy (non-hydrogen) atoms. The van der Waals surface area contributed by atoms with Gasteiger partial charge in [0.15, 0.2) is 0 Å². The van der Waals surface area contributed by atoms with Crippen molar-refractivity contribution in [3.8, 4) is 0 Å². The number of hydrazine groups is 2. The average Bonchev–Trinajstić information content (AvgIpc) is 2.29. The predicted molar refractivity (Wildman–Crippen MR) is 55.4 cm³/mol. The lowest BCUT2D eigenvalue weighted by atomic mass is 10.4. The third-order valence-corrected chi connectivity index (χ3v) is 2.16. The van der Waals surface area contributed by atoms with Gasteiger partial charge >= 0.3 is 0 Å². The summed E-state index contributed by atoms with van der Waals surface area (Å²) in [5.41, 5.74) is 7.30. The number of nitrogens with zero attached hydrogens (tertiary/aromatic N) is 2. The molecule has 0 spiro atoms. The van der Waals surface area contributed by atoms with E-state index < -0.39 is 0 Å². The molecule has 76 valence electrons. The minimum atomic E-state index is 1.01. The predicted octanol–water partition coefficient (Wildman–Crippen LogP) is -0.182. The van der Waals surface area contributed by atoms with Crippen LogP contribution in [0.2, 0.25) is 0 Å². The molecule has 3 N–H and O–H groups in total. The van der Waals surface area contributed by atoms with Crippen LogP contribution in [0.25, 0.3) is 0 Å². The summed E-state index contributed by atoms with van der Waals surface area (Å²) in [7, 11) is 0. The lowest BCUT2D eigenvalue weighted by molar-refractivity contribution is 0.181. The van der Waals surface area contributed by atoms with E-state index in [4.69, 9.17) is 0 Å². The average molecular weight is 193 g/mol. The van der Waals surface area contributed by atoms with Crippen molar-refractivity contribution < 1.29 is 0 Å². The summed E-state index contributed by atoms with van der Waals surface area (Å²) < 4.78 is 0. The maximum Gasteiger partial charge on any atom is 0.0531 e. The first-order valence-corrected chi connectivity index (χ1v) is 4.82. The molecule has 2 rings (SSSR count). The van der Waals surface area contributed by atoms with E-state index in [-0.39, 0.29) is 0 Å². The first kappa shape index (κ1) is 9.39. The Hall–Kier alpha value is -1.17. The molecule has 5 nitrogen and oxygen atoms in total. The van der Waals surface area contributed by atoms with E-state index >= 15 is 0 Å². The Morgan fingerprint density at radius 2 is 1.93 bits per heavy atom. The van der Waals surface area contributed by atoms with Crippen LogP contribution < -0.4 is 16.3 Å². The Labute approximate surface area is 83.5 Å². The molecule has 1 saturated heterocycles. The fraction of sp³-hybridized carbons (Fsp3) is 0.444. The maximum absolute atomic E-state index is 3.95. The number of rotatable bonds is 3. The van der Waals surface area contributed by atoms with E-state index in [1.807, 2.05) is 12.1 Å². The number of piperazine rings is 1. The zero-order chi connectivity index (χ0) is 9.64. The highest BCUT2D eigenvalue weighted by Crippen LogP contribution is 2.00. The molecule has 2 heterocycles. The van der Waals surface area contributed by atoms with E-state index in [0.717, 1.165) is 31.9 Å². The summed E-state index contributed by atoms with van der Waals surface area (Å²) in [6, 6.07) is 3.85. The van der Waals surface area contributed by atoms with Gasteiger partial charge in [-0.15, -0.1) is 0 Å². The van der Waals surface area contributed by atoms with Crippen LogP contribution in [-0.2, 0) is 0 Å². The Kier molecular flexibility index (Phi) is 3.28. The summed E-state index contributed by atoms with van der Waals surface area (Å²) in [6.07, 6.45) is 3.53. The van der Waals surface area contributed by atoms with E-state index in [0.29, 0.717) is 0 Å². The van der Waals surface area contributed by atoms with Crippen LogP contribution in [-0.4, -0.2) is 36.2 Å². The topological polar surface area (TPSA) is 52.2 Å². The summed E-state index contributed by atoms with van der Waals surface area (Å²) in [4.78, 5) is 3.95. The molecule has 1 aromatic heterocycles. The van der Waals surface area contributed by atoms with Gasteiger partial charge in [-0.3, -0.25) is 4.98 Å². The monoisotopic (exact) mass is 193 g/mol. The quantitative estimate of drug-likeness (QED) is 0.581. The second-order valence-corrected chi connectivity index (χ2v) is 3.21. The third-order valence-electron chi connectivity index (χ3n) is 2.16. The van der Waals surface area contributed by atoms with E-state index in [1.54, 1.807) is 12.4 Å².